The zero-order valence-corrected chi connectivity index (χ0v) is 17.2. The maximum absolute atomic E-state index is 13.9. The van der Waals surface area contributed by atoms with Gasteiger partial charge in [-0.1, -0.05) is 30.3 Å². The normalized spacial score (nSPS) is 18.2. The number of carbonyl (C=O) groups excluding carboxylic acids is 1. The first-order valence-electron chi connectivity index (χ1n) is 9.64. The van der Waals surface area contributed by atoms with Gasteiger partial charge in [0.2, 0.25) is 0 Å². The Balaban J connectivity index is 1.98. The number of carbonyl (C=O) groups is 1. The number of benzene rings is 2. The van der Waals surface area contributed by atoms with E-state index in [1.165, 1.54) is 36.3 Å². The van der Waals surface area contributed by atoms with Gasteiger partial charge in [0.15, 0.2) is 11.5 Å². The van der Waals surface area contributed by atoms with Gasteiger partial charge in [0.1, 0.15) is 11.6 Å². The van der Waals surface area contributed by atoms with Crippen LogP contribution in [0.25, 0.3) is 11.1 Å². The Labute approximate surface area is 182 Å². The summed E-state index contributed by atoms with van der Waals surface area (Å²) in [6.07, 6.45) is 2.56. The number of nitrogens with two attached hydrogens (primary N) is 1. The van der Waals surface area contributed by atoms with Crippen LogP contribution in [0.15, 0.2) is 65.9 Å². The number of aryl methyl sites for hydroxylation is 1. The van der Waals surface area contributed by atoms with Crippen LogP contribution in [0.4, 0.5) is 13.2 Å². The molecule has 0 saturated heterocycles. The highest BCUT2D eigenvalue weighted by Crippen LogP contribution is 2.44. The summed E-state index contributed by atoms with van der Waals surface area (Å²) in [6, 6.07) is 12.6. The Morgan fingerprint density at radius 3 is 2.50 bits per heavy atom. The lowest BCUT2D eigenvalue weighted by molar-refractivity contribution is -0.129. The highest BCUT2D eigenvalue weighted by atomic mass is 19.3. The number of guanidine groups is 1. The van der Waals surface area contributed by atoms with Crippen molar-refractivity contribution < 1.29 is 22.7 Å². The number of amides is 1. The van der Waals surface area contributed by atoms with Crippen LogP contribution in [-0.2, 0) is 10.3 Å². The molecular formula is C23H19F3N4O2. The van der Waals surface area contributed by atoms with Gasteiger partial charge >= 0.3 is 6.61 Å². The minimum atomic E-state index is -2.98. The Kier molecular flexibility index (Phi) is 5.33. The van der Waals surface area contributed by atoms with E-state index < -0.39 is 23.9 Å². The van der Waals surface area contributed by atoms with Crippen molar-refractivity contribution in [2.45, 2.75) is 19.1 Å². The van der Waals surface area contributed by atoms with Gasteiger partial charge in [0, 0.05) is 24.4 Å². The molecule has 0 radical (unpaired) electrons. The average molecular weight is 440 g/mol. The van der Waals surface area contributed by atoms with Gasteiger partial charge in [-0.15, -0.1) is 0 Å². The van der Waals surface area contributed by atoms with Crippen molar-refractivity contribution in [2.75, 3.05) is 7.05 Å². The zero-order valence-electron chi connectivity index (χ0n) is 17.2. The van der Waals surface area contributed by atoms with Crippen LogP contribution in [0.1, 0.15) is 16.7 Å². The smallest absolute Gasteiger partial charge is 0.387 e. The van der Waals surface area contributed by atoms with Gasteiger partial charge in [-0.3, -0.25) is 14.7 Å². The molecule has 1 aromatic heterocycles. The standard InChI is InChI=1S/C23H19F3N4O2/c1-13-9-15(7-8-19(13)32-21(25)26)23(20(31)30(2)22(27)29-23)18-6-4-3-5-17(18)14-10-16(24)12-28-11-14/h3-12,21H,1-2H3,(H2,27,29). The van der Waals surface area contributed by atoms with Crippen LogP contribution < -0.4 is 10.5 Å². The monoisotopic (exact) mass is 440 g/mol. The summed E-state index contributed by atoms with van der Waals surface area (Å²) >= 11 is 0. The minimum absolute atomic E-state index is 0.00673. The second-order valence-electron chi connectivity index (χ2n) is 7.34. The molecule has 2 aromatic carbocycles. The molecule has 4 rings (SSSR count). The topological polar surface area (TPSA) is 80.8 Å². The number of pyridine rings is 1. The summed E-state index contributed by atoms with van der Waals surface area (Å²) in [7, 11) is 1.50. The van der Waals surface area contributed by atoms with E-state index in [2.05, 4.69) is 14.7 Å². The van der Waals surface area contributed by atoms with Crippen LogP contribution in [0.3, 0.4) is 0 Å². The molecule has 1 aliphatic rings. The summed E-state index contributed by atoms with van der Waals surface area (Å²) in [5.74, 6) is -0.993. The summed E-state index contributed by atoms with van der Waals surface area (Å²) < 4.78 is 43.9. The number of ether oxygens (including phenoxy) is 1. The molecule has 2 N–H and O–H groups in total. The van der Waals surface area contributed by atoms with Crippen LogP contribution in [-0.4, -0.2) is 35.4 Å². The third-order valence-corrected chi connectivity index (χ3v) is 5.38. The van der Waals surface area contributed by atoms with Gasteiger partial charge in [-0.2, -0.15) is 8.78 Å². The Hall–Kier alpha value is -3.88. The van der Waals surface area contributed by atoms with E-state index in [0.717, 1.165) is 6.20 Å². The van der Waals surface area contributed by atoms with Crippen LogP contribution >= 0.6 is 0 Å². The molecular weight excluding hydrogens is 421 g/mol. The third-order valence-electron chi connectivity index (χ3n) is 5.38. The molecule has 164 valence electrons. The molecule has 1 unspecified atom stereocenters. The first-order chi connectivity index (χ1) is 15.2. The predicted molar refractivity (Wildman–Crippen MR) is 113 cm³/mol. The number of nitrogens with zero attached hydrogens (tertiary/aromatic N) is 3. The van der Waals surface area contributed by atoms with Crippen LogP contribution in [0.5, 0.6) is 5.75 Å². The molecule has 0 bridgehead atoms. The number of hydrogen-bond donors (Lipinski definition) is 1. The highest BCUT2D eigenvalue weighted by molar-refractivity contribution is 6.09. The van der Waals surface area contributed by atoms with Crippen LogP contribution in [0, 0.1) is 12.7 Å². The first-order valence-corrected chi connectivity index (χ1v) is 9.64. The van der Waals surface area contributed by atoms with Crippen molar-refractivity contribution in [1.82, 2.24) is 9.88 Å². The number of aromatic nitrogens is 1. The third kappa shape index (κ3) is 3.45. The van der Waals surface area contributed by atoms with E-state index in [-0.39, 0.29) is 11.7 Å². The number of halogens is 3. The summed E-state index contributed by atoms with van der Waals surface area (Å²) in [4.78, 5) is 23.2. The lowest BCUT2D eigenvalue weighted by atomic mass is 9.78. The van der Waals surface area contributed by atoms with Gasteiger partial charge in [0.25, 0.3) is 5.91 Å². The van der Waals surface area contributed by atoms with Crippen molar-refractivity contribution in [3.63, 3.8) is 0 Å². The summed E-state index contributed by atoms with van der Waals surface area (Å²) in [6.45, 7) is -1.39. The van der Waals surface area contributed by atoms with E-state index in [9.17, 15) is 18.0 Å². The molecule has 6 nitrogen and oxygen atoms in total. The Morgan fingerprint density at radius 2 is 1.88 bits per heavy atom. The SMILES string of the molecule is Cc1cc(C2(c3ccccc3-c3cncc(F)c3)N=C(N)N(C)C2=O)ccc1OC(F)F. The van der Waals surface area contributed by atoms with E-state index in [4.69, 9.17) is 5.73 Å². The zero-order chi connectivity index (χ0) is 23.0. The number of hydrogen-bond acceptors (Lipinski definition) is 5. The molecule has 1 amide bonds. The Morgan fingerprint density at radius 1 is 1.12 bits per heavy atom. The maximum atomic E-state index is 13.9. The molecule has 1 atom stereocenters. The van der Waals surface area contributed by atoms with Gasteiger partial charge in [-0.05, 0) is 41.8 Å². The second-order valence-corrected chi connectivity index (χ2v) is 7.34. The fraction of sp³-hybridized carbons (Fsp3) is 0.174. The van der Waals surface area contributed by atoms with Crippen molar-refractivity contribution in [3.05, 3.63) is 83.4 Å². The molecule has 1 aliphatic heterocycles. The number of likely N-dealkylation sites (N-methyl/N-ethyl adjacent to an activating group) is 1. The lowest BCUT2D eigenvalue weighted by Gasteiger charge is -2.29. The number of rotatable bonds is 5. The second kappa shape index (κ2) is 7.99. The minimum Gasteiger partial charge on any atom is -0.435 e. The quantitative estimate of drug-likeness (QED) is 0.654. The molecule has 0 spiro atoms. The van der Waals surface area contributed by atoms with Crippen molar-refractivity contribution in [1.29, 1.82) is 0 Å². The molecule has 2 heterocycles. The summed E-state index contributed by atoms with van der Waals surface area (Å²) in [5, 5.41) is 0. The van der Waals surface area contributed by atoms with Gasteiger partial charge < -0.3 is 10.5 Å². The number of alkyl halides is 2. The highest BCUT2D eigenvalue weighted by Gasteiger charge is 2.50. The maximum Gasteiger partial charge on any atom is 0.387 e. The predicted octanol–water partition coefficient (Wildman–Crippen LogP) is 3.83. The first kappa shape index (κ1) is 21.4. The summed E-state index contributed by atoms with van der Waals surface area (Å²) in [5.41, 5.74) is 6.66. The van der Waals surface area contributed by atoms with Gasteiger partial charge in [-0.25, -0.2) is 9.38 Å². The van der Waals surface area contributed by atoms with Crippen molar-refractivity contribution in [2.24, 2.45) is 10.7 Å². The van der Waals surface area contributed by atoms with Crippen molar-refractivity contribution >= 4 is 11.9 Å². The van der Waals surface area contributed by atoms with E-state index in [1.807, 2.05) is 0 Å². The molecule has 3 aromatic rings. The van der Waals surface area contributed by atoms with Crippen molar-refractivity contribution in [3.8, 4) is 16.9 Å². The van der Waals surface area contributed by atoms with E-state index in [0.29, 0.717) is 27.8 Å². The Bertz CT molecular complexity index is 1230. The fourth-order valence-electron chi connectivity index (χ4n) is 3.87. The number of aliphatic imine (C=N–C) groups is 1. The average Bonchev–Trinajstić information content (AvgIpc) is 2.99. The molecule has 32 heavy (non-hydrogen) atoms. The van der Waals surface area contributed by atoms with Crippen LogP contribution in [0.2, 0.25) is 0 Å². The lowest BCUT2D eigenvalue weighted by Crippen LogP contribution is -2.41. The largest absolute Gasteiger partial charge is 0.435 e. The van der Waals surface area contributed by atoms with E-state index in [1.54, 1.807) is 37.3 Å². The fourth-order valence-corrected chi connectivity index (χ4v) is 3.87. The molecule has 0 aliphatic carbocycles. The van der Waals surface area contributed by atoms with Gasteiger partial charge in [0.05, 0.1) is 6.20 Å². The van der Waals surface area contributed by atoms with E-state index >= 15 is 0 Å². The molecule has 0 saturated carbocycles. The molecule has 9 heteroatoms. The molecule has 0 fully saturated rings.